The number of fused-ring (bicyclic) bond motifs is 1. The number of anilines is 1. The van der Waals surface area contributed by atoms with E-state index in [1.165, 1.54) is 0 Å². The summed E-state index contributed by atoms with van der Waals surface area (Å²) in [6.07, 6.45) is 1.74. The van der Waals surface area contributed by atoms with Gasteiger partial charge in [-0.15, -0.1) is 0 Å². The second-order valence-electron chi connectivity index (χ2n) is 4.93. The van der Waals surface area contributed by atoms with Crippen LogP contribution in [-0.4, -0.2) is 24.4 Å². The van der Waals surface area contributed by atoms with Gasteiger partial charge in [-0.1, -0.05) is 23.5 Å². The predicted molar refractivity (Wildman–Crippen MR) is 99.6 cm³/mol. The van der Waals surface area contributed by atoms with E-state index in [9.17, 15) is 0 Å². The second-order valence-corrected chi connectivity index (χ2v) is 5.96. The summed E-state index contributed by atoms with van der Waals surface area (Å²) in [4.78, 5) is 4.48. The van der Waals surface area contributed by atoms with E-state index in [0.717, 1.165) is 32.4 Å². The molecule has 1 N–H and O–H groups in total. The van der Waals surface area contributed by atoms with Gasteiger partial charge in [-0.3, -0.25) is 5.43 Å². The van der Waals surface area contributed by atoms with Crippen molar-refractivity contribution in [2.24, 2.45) is 5.10 Å². The van der Waals surface area contributed by atoms with Crippen molar-refractivity contribution in [1.82, 2.24) is 4.98 Å². The zero-order valence-electron chi connectivity index (χ0n) is 13.7. The molecule has 1 heterocycles. The van der Waals surface area contributed by atoms with E-state index in [1.54, 1.807) is 17.6 Å². The van der Waals surface area contributed by atoms with Crippen molar-refractivity contribution in [3.63, 3.8) is 0 Å². The molecule has 0 fully saturated rings. The van der Waals surface area contributed by atoms with E-state index < -0.39 is 0 Å². The lowest BCUT2D eigenvalue weighted by atomic mass is 10.2. The molecule has 0 radical (unpaired) electrons. The number of aromatic nitrogens is 1. The third-order valence-corrected chi connectivity index (χ3v) is 4.18. The number of benzene rings is 2. The number of hydrogen-bond donors (Lipinski definition) is 1. The highest BCUT2D eigenvalue weighted by molar-refractivity contribution is 7.22. The first-order valence-corrected chi connectivity index (χ1v) is 8.66. The number of nitrogens with one attached hydrogen (secondary N) is 1. The van der Waals surface area contributed by atoms with Crippen LogP contribution in [0.5, 0.6) is 11.5 Å². The quantitative estimate of drug-likeness (QED) is 0.506. The van der Waals surface area contributed by atoms with Gasteiger partial charge < -0.3 is 9.47 Å². The Morgan fingerprint density at radius 3 is 2.67 bits per heavy atom. The Morgan fingerprint density at radius 1 is 1.08 bits per heavy atom. The summed E-state index contributed by atoms with van der Waals surface area (Å²) in [6.45, 7) is 5.09. The monoisotopic (exact) mass is 341 g/mol. The zero-order chi connectivity index (χ0) is 16.8. The van der Waals surface area contributed by atoms with Gasteiger partial charge in [0, 0.05) is 0 Å². The molecule has 3 rings (SSSR count). The largest absolute Gasteiger partial charge is 0.490 e. The van der Waals surface area contributed by atoms with Crippen LogP contribution in [0.1, 0.15) is 19.4 Å². The van der Waals surface area contributed by atoms with Crippen LogP contribution in [0, 0.1) is 0 Å². The number of rotatable bonds is 7. The second kappa shape index (κ2) is 7.79. The third kappa shape index (κ3) is 3.83. The molecule has 1 aromatic heterocycles. The van der Waals surface area contributed by atoms with Crippen LogP contribution in [0.3, 0.4) is 0 Å². The molecule has 0 aliphatic rings. The minimum atomic E-state index is 0.588. The summed E-state index contributed by atoms with van der Waals surface area (Å²) >= 11 is 1.57. The fourth-order valence-corrected chi connectivity index (χ4v) is 3.05. The molecule has 0 aliphatic carbocycles. The lowest BCUT2D eigenvalue weighted by molar-refractivity contribution is 0.288. The molecule has 0 atom stereocenters. The Hall–Kier alpha value is -2.60. The molecule has 0 saturated heterocycles. The van der Waals surface area contributed by atoms with Gasteiger partial charge in [-0.05, 0) is 49.7 Å². The van der Waals surface area contributed by atoms with Crippen LogP contribution in [0.25, 0.3) is 10.2 Å². The lowest BCUT2D eigenvalue weighted by Gasteiger charge is -2.11. The molecule has 0 aliphatic heterocycles. The molecule has 5 nitrogen and oxygen atoms in total. The molecule has 0 spiro atoms. The molecule has 124 valence electrons. The predicted octanol–water partition coefficient (Wildman–Crippen LogP) is 4.54. The Balaban J connectivity index is 1.72. The van der Waals surface area contributed by atoms with E-state index >= 15 is 0 Å². The minimum Gasteiger partial charge on any atom is -0.490 e. The van der Waals surface area contributed by atoms with Crippen LogP contribution < -0.4 is 14.9 Å². The molecule has 24 heavy (non-hydrogen) atoms. The van der Waals surface area contributed by atoms with Crippen molar-refractivity contribution in [3.05, 3.63) is 48.0 Å². The van der Waals surface area contributed by atoms with Gasteiger partial charge in [-0.25, -0.2) is 4.98 Å². The topological polar surface area (TPSA) is 55.7 Å². The van der Waals surface area contributed by atoms with Gasteiger partial charge in [0.2, 0.25) is 5.13 Å². The van der Waals surface area contributed by atoms with Gasteiger partial charge in [-0.2, -0.15) is 5.10 Å². The minimum absolute atomic E-state index is 0.588. The summed E-state index contributed by atoms with van der Waals surface area (Å²) in [5, 5.41) is 5.03. The number of hydrogen-bond acceptors (Lipinski definition) is 6. The summed E-state index contributed by atoms with van der Waals surface area (Å²) in [5.74, 6) is 1.47. The number of thiazole rings is 1. The molecule has 3 aromatic rings. The Kier molecular flexibility index (Phi) is 5.28. The van der Waals surface area contributed by atoms with E-state index in [2.05, 4.69) is 15.5 Å². The van der Waals surface area contributed by atoms with E-state index in [1.807, 2.05) is 56.3 Å². The molecule has 0 saturated carbocycles. The smallest absolute Gasteiger partial charge is 0.204 e. The van der Waals surface area contributed by atoms with Crippen LogP contribution >= 0.6 is 11.3 Å². The maximum atomic E-state index is 5.62. The average molecular weight is 341 g/mol. The van der Waals surface area contributed by atoms with Crippen LogP contribution in [0.4, 0.5) is 5.13 Å². The highest BCUT2D eigenvalue weighted by Crippen LogP contribution is 2.28. The van der Waals surface area contributed by atoms with Crippen molar-refractivity contribution < 1.29 is 9.47 Å². The van der Waals surface area contributed by atoms with Crippen molar-refractivity contribution in [2.45, 2.75) is 13.8 Å². The fourth-order valence-electron chi connectivity index (χ4n) is 2.23. The summed E-state index contributed by atoms with van der Waals surface area (Å²) < 4.78 is 12.3. The van der Waals surface area contributed by atoms with Crippen molar-refractivity contribution in [1.29, 1.82) is 0 Å². The Labute approximate surface area is 144 Å². The molecular formula is C18H19N3O2S. The third-order valence-electron chi connectivity index (χ3n) is 3.24. The average Bonchev–Trinajstić information content (AvgIpc) is 3.00. The maximum absolute atomic E-state index is 5.62. The van der Waals surface area contributed by atoms with Crippen molar-refractivity contribution >= 4 is 32.9 Å². The van der Waals surface area contributed by atoms with E-state index in [4.69, 9.17) is 9.47 Å². The fraction of sp³-hybridized carbons (Fsp3) is 0.222. The first kappa shape index (κ1) is 16.3. The first-order valence-electron chi connectivity index (χ1n) is 7.84. The molecule has 6 heteroatoms. The van der Waals surface area contributed by atoms with Gasteiger partial charge in [0.15, 0.2) is 11.5 Å². The SMILES string of the molecule is CCOc1ccc(/C=N/Nc2nc3ccccc3s2)cc1OCC. The normalized spacial score (nSPS) is 11.1. The molecule has 0 bridgehead atoms. The van der Waals surface area contributed by atoms with Gasteiger partial charge in [0.1, 0.15) is 0 Å². The number of nitrogens with zero attached hydrogens (tertiary/aromatic N) is 2. The van der Waals surface area contributed by atoms with Gasteiger partial charge >= 0.3 is 0 Å². The number of hydrazone groups is 1. The Bertz CT molecular complexity index is 812. The first-order chi connectivity index (χ1) is 11.8. The molecule has 2 aromatic carbocycles. The number of para-hydroxylation sites is 1. The molecule has 0 amide bonds. The molecular weight excluding hydrogens is 322 g/mol. The summed E-state index contributed by atoms with van der Waals surface area (Å²) in [5.41, 5.74) is 4.88. The summed E-state index contributed by atoms with van der Waals surface area (Å²) in [6, 6.07) is 13.8. The highest BCUT2D eigenvalue weighted by atomic mass is 32.1. The van der Waals surface area contributed by atoms with Crippen LogP contribution in [-0.2, 0) is 0 Å². The lowest BCUT2D eigenvalue weighted by Crippen LogP contribution is -1.99. The zero-order valence-corrected chi connectivity index (χ0v) is 14.5. The Morgan fingerprint density at radius 2 is 1.88 bits per heavy atom. The standard InChI is InChI=1S/C18H19N3O2S/c1-3-22-15-10-9-13(11-16(15)23-4-2)12-19-21-18-20-14-7-5-6-8-17(14)24-18/h5-12H,3-4H2,1-2H3,(H,20,21)/b19-12+. The maximum Gasteiger partial charge on any atom is 0.204 e. The van der Waals surface area contributed by atoms with Crippen molar-refractivity contribution in [2.75, 3.05) is 18.6 Å². The highest BCUT2D eigenvalue weighted by Gasteiger charge is 2.05. The van der Waals surface area contributed by atoms with E-state index in [0.29, 0.717) is 13.2 Å². The summed E-state index contributed by atoms with van der Waals surface area (Å²) in [7, 11) is 0. The van der Waals surface area contributed by atoms with Gasteiger partial charge in [0.25, 0.3) is 0 Å². The van der Waals surface area contributed by atoms with Crippen LogP contribution in [0.2, 0.25) is 0 Å². The van der Waals surface area contributed by atoms with E-state index in [-0.39, 0.29) is 0 Å². The number of ether oxygens (including phenoxy) is 2. The molecule has 0 unspecified atom stereocenters. The van der Waals surface area contributed by atoms with Crippen molar-refractivity contribution in [3.8, 4) is 11.5 Å². The van der Waals surface area contributed by atoms with Crippen LogP contribution in [0.15, 0.2) is 47.6 Å². The van der Waals surface area contributed by atoms with Gasteiger partial charge in [0.05, 0.1) is 29.6 Å².